The summed E-state index contributed by atoms with van der Waals surface area (Å²) in [5.74, 6) is -3.07. The van der Waals surface area contributed by atoms with Crippen molar-refractivity contribution >= 4 is 35.0 Å². The Kier molecular flexibility index (Phi) is 11.0. The van der Waals surface area contributed by atoms with E-state index < -0.39 is 41.8 Å². The van der Waals surface area contributed by atoms with Gasteiger partial charge in [0.2, 0.25) is 11.8 Å². The Morgan fingerprint density at radius 2 is 1.52 bits per heavy atom. The van der Waals surface area contributed by atoms with Crippen LogP contribution in [0.5, 0.6) is 0 Å². The number of hydrogen-bond acceptors (Lipinski definition) is 7. The number of fused-ring (bicyclic) bond motifs is 6. The number of ether oxygens (including phenoxy) is 1. The number of alkyl carbamates (subject to hydrolysis) is 1. The average molecular weight is 905 g/mol. The van der Waals surface area contributed by atoms with Crippen LogP contribution in [-0.4, -0.2) is 90.6 Å². The molecule has 5 N–H and O–H groups in total. The molecular weight excluding hydrogens is 847 g/mol. The van der Waals surface area contributed by atoms with E-state index in [1.807, 2.05) is 70.7 Å². The third-order valence-electron chi connectivity index (χ3n) is 14.9. The number of nitrogens with zero attached hydrogens (tertiary/aromatic N) is 4. The van der Waals surface area contributed by atoms with E-state index in [4.69, 9.17) is 14.7 Å². The minimum Gasteiger partial charge on any atom is -0.465 e. The Labute approximate surface area is 382 Å². The van der Waals surface area contributed by atoms with Crippen LogP contribution in [0.15, 0.2) is 60.8 Å². The first-order chi connectivity index (χ1) is 31.2. The highest BCUT2D eigenvalue weighted by molar-refractivity contribution is 5.89. The molecule has 2 bridgehead atoms. The molecule has 1 saturated heterocycles. The first-order valence-corrected chi connectivity index (χ1v) is 22.9. The van der Waals surface area contributed by atoms with Crippen LogP contribution in [0, 0.1) is 23.2 Å². The monoisotopic (exact) mass is 904 g/mol. The SMILES string of the molecule is COC(=O)N[C@H](C(=O)N(CC1(C)CC1)[C@@H](C)c1nc(-c2ccc3c(c2)C(F)(F)c2cc(-c4ccc5nc(C6(C)[C@H]7CC[C@H](C7)N6C(=O)[C@@H](NC(=O)O)C(C)C)[nH]c5c4)ccc2-3)c[nH]1)C(C)C. The molecule has 4 aliphatic rings. The number of carboxylic acid groups (broad SMARTS) is 1. The number of aromatic amines is 2. The zero-order valence-corrected chi connectivity index (χ0v) is 38.6. The van der Waals surface area contributed by atoms with Gasteiger partial charge < -0.3 is 40.2 Å². The molecule has 1 aliphatic heterocycles. The summed E-state index contributed by atoms with van der Waals surface area (Å²) in [5, 5.41) is 14.7. The number of carbonyl (C=O) groups is 4. The number of likely N-dealkylation sites (tertiary alicyclic amines) is 1. The molecule has 0 spiro atoms. The van der Waals surface area contributed by atoms with E-state index in [2.05, 4.69) is 27.5 Å². The molecule has 6 atom stereocenters. The number of piperidine rings is 1. The van der Waals surface area contributed by atoms with Crippen LogP contribution in [-0.2, 0) is 25.8 Å². The fraction of sp³-hybridized carbons (Fsp3) is 0.480. The third kappa shape index (κ3) is 7.55. The van der Waals surface area contributed by atoms with Crippen LogP contribution in [0.4, 0.5) is 18.4 Å². The van der Waals surface area contributed by atoms with Gasteiger partial charge in [0.1, 0.15) is 29.3 Å². The van der Waals surface area contributed by atoms with Crippen LogP contribution in [0.3, 0.4) is 0 Å². The molecular formula is C50H58F2N8O6. The maximum absolute atomic E-state index is 16.7. The summed E-state index contributed by atoms with van der Waals surface area (Å²) in [6.07, 6.45) is 4.23. The van der Waals surface area contributed by atoms with Crippen molar-refractivity contribution in [3.8, 4) is 33.5 Å². The molecule has 5 aromatic rings. The van der Waals surface area contributed by atoms with Gasteiger partial charge in [0.25, 0.3) is 5.92 Å². The van der Waals surface area contributed by atoms with Crippen LogP contribution >= 0.6 is 0 Å². The molecule has 9 rings (SSSR count). The van der Waals surface area contributed by atoms with Gasteiger partial charge in [-0.3, -0.25) is 9.59 Å². The molecule has 3 aliphatic carbocycles. The fourth-order valence-electron chi connectivity index (χ4n) is 10.7. The predicted octanol–water partition coefficient (Wildman–Crippen LogP) is 9.33. The summed E-state index contributed by atoms with van der Waals surface area (Å²) in [6, 6.07) is 13.5. The number of carbonyl (C=O) groups excluding carboxylic acids is 3. The molecule has 2 aromatic heterocycles. The number of amides is 4. The lowest BCUT2D eigenvalue weighted by atomic mass is 9.83. The van der Waals surface area contributed by atoms with Gasteiger partial charge in [0.15, 0.2) is 0 Å². The molecule has 16 heteroatoms. The summed E-state index contributed by atoms with van der Waals surface area (Å²) < 4.78 is 38.2. The molecule has 4 amide bonds. The highest BCUT2D eigenvalue weighted by Crippen LogP contribution is 2.55. The first-order valence-electron chi connectivity index (χ1n) is 22.9. The predicted molar refractivity (Wildman–Crippen MR) is 244 cm³/mol. The van der Waals surface area contributed by atoms with E-state index >= 15 is 8.78 Å². The van der Waals surface area contributed by atoms with Crippen LogP contribution in [0.2, 0.25) is 0 Å². The number of benzene rings is 3. The van der Waals surface area contributed by atoms with E-state index in [-0.39, 0.29) is 52.2 Å². The largest absolute Gasteiger partial charge is 0.465 e. The summed E-state index contributed by atoms with van der Waals surface area (Å²) in [4.78, 5) is 72.2. The maximum Gasteiger partial charge on any atom is 0.407 e. The van der Waals surface area contributed by atoms with Gasteiger partial charge in [-0.05, 0) is 116 Å². The maximum atomic E-state index is 16.7. The van der Waals surface area contributed by atoms with E-state index in [1.54, 1.807) is 35.4 Å². The number of methoxy groups -OCH3 is 1. The van der Waals surface area contributed by atoms with Crippen molar-refractivity contribution in [1.29, 1.82) is 0 Å². The lowest BCUT2D eigenvalue weighted by Gasteiger charge is -2.45. The van der Waals surface area contributed by atoms with Gasteiger partial charge in [0, 0.05) is 35.5 Å². The minimum atomic E-state index is -3.31. The molecule has 348 valence electrons. The smallest absolute Gasteiger partial charge is 0.407 e. The van der Waals surface area contributed by atoms with E-state index in [1.165, 1.54) is 13.2 Å². The van der Waals surface area contributed by atoms with Crippen molar-refractivity contribution < 1.29 is 37.8 Å². The van der Waals surface area contributed by atoms with Crippen molar-refractivity contribution in [2.24, 2.45) is 23.2 Å². The second-order valence-electron chi connectivity index (χ2n) is 20.1. The van der Waals surface area contributed by atoms with E-state index in [0.717, 1.165) is 32.1 Å². The van der Waals surface area contributed by atoms with Crippen LogP contribution in [0.1, 0.15) is 109 Å². The van der Waals surface area contributed by atoms with Gasteiger partial charge in [-0.15, -0.1) is 0 Å². The molecule has 66 heavy (non-hydrogen) atoms. The highest BCUT2D eigenvalue weighted by Gasteiger charge is 2.59. The van der Waals surface area contributed by atoms with Crippen LogP contribution in [0.25, 0.3) is 44.5 Å². The Hall–Kier alpha value is -6.32. The third-order valence-corrected chi connectivity index (χ3v) is 14.9. The van der Waals surface area contributed by atoms with Gasteiger partial charge in [-0.25, -0.2) is 19.6 Å². The molecule has 3 fully saturated rings. The normalized spacial score (nSPS) is 22.2. The number of rotatable bonds is 13. The Bertz CT molecular complexity index is 2760. The number of halogens is 2. The summed E-state index contributed by atoms with van der Waals surface area (Å²) in [7, 11) is 1.26. The van der Waals surface area contributed by atoms with Gasteiger partial charge in [-0.2, -0.15) is 8.78 Å². The Morgan fingerprint density at radius 3 is 2.15 bits per heavy atom. The number of alkyl halides is 2. The minimum absolute atomic E-state index is 0.0302. The second-order valence-corrected chi connectivity index (χ2v) is 20.1. The Balaban J connectivity index is 0.971. The van der Waals surface area contributed by atoms with Crippen molar-refractivity contribution in [3.63, 3.8) is 0 Å². The fourth-order valence-corrected chi connectivity index (χ4v) is 10.7. The molecule has 1 unspecified atom stereocenters. The first kappa shape index (κ1) is 44.9. The van der Waals surface area contributed by atoms with Crippen molar-refractivity contribution in [2.75, 3.05) is 13.7 Å². The highest BCUT2D eigenvalue weighted by atomic mass is 19.3. The van der Waals surface area contributed by atoms with E-state index in [0.29, 0.717) is 62.7 Å². The second kappa shape index (κ2) is 16.2. The molecule has 3 aromatic carbocycles. The van der Waals surface area contributed by atoms with Gasteiger partial charge >= 0.3 is 12.2 Å². The number of nitrogens with one attached hydrogen (secondary N) is 4. The number of H-pyrrole nitrogens is 2. The van der Waals surface area contributed by atoms with Crippen molar-refractivity contribution in [3.05, 3.63) is 83.6 Å². The number of hydrogen-bond donors (Lipinski definition) is 5. The lowest BCUT2D eigenvalue weighted by Crippen LogP contribution is -2.59. The molecule has 3 heterocycles. The zero-order chi connectivity index (χ0) is 47.2. The van der Waals surface area contributed by atoms with E-state index in [9.17, 15) is 24.3 Å². The Morgan fingerprint density at radius 1 is 0.879 bits per heavy atom. The summed E-state index contributed by atoms with van der Waals surface area (Å²) >= 11 is 0. The number of aromatic nitrogens is 4. The van der Waals surface area contributed by atoms with Crippen molar-refractivity contribution in [1.82, 2.24) is 40.4 Å². The standard InChI is InChI=1S/C50H58F2N8O6/c1-25(2)40(58-47(65)66-8)43(61)59(24-48(6)17-18-48)27(5)42-53-23-39(54-42)30-10-15-34-33-14-9-28(19-35(33)50(51,52)36(34)20-30)29-11-16-37-38(21-29)56-45(55-37)49(7)31-12-13-32(22-31)60(49)44(62)41(26(3)4)57-46(63)64/h9-11,14-16,19-21,23,25-27,31-32,40-41,57H,12-13,17-18,22,24H2,1-8H3,(H,53,54)(H,55,56)(H,58,65)(H,63,64)/t27-,31-,32+,40-,41-,49?/m0/s1. The zero-order valence-electron chi connectivity index (χ0n) is 38.6. The van der Waals surface area contributed by atoms with Crippen LogP contribution < -0.4 is 10.6 Å². The number of imidazole rings is 2. The molecule has 14 nitrogen and oxygen atoms in total. The van der Waals surface area contributed by atoms with Crippen molar-refractivity contribution in [2.45, 2.75) is 116 Å². The topological polar surface area (TPSA) is 186 Å². The molecule has 0 radical (unpaired) electrons. The summed E-state index contributed by atoms with van der Waals surface area (Å²) in [5.41, 5.74) is 3.45. The molecule has 2 saturated carbocycles. The quantitative estimate of drug-likeness (QED) is 0.0774. The summed E-state index contributed by atoms with van der Waals surface area (Å²) in [6.45, 7) is 13.8. The van der Waals surface area contributed by atoms with Gasteiger partial charge in [-0.1, -0.05) is 65.0 Å². The van der Waals surface area contributed by atoms with Gasteiger partial charge in [0.05, 0.1) is 29.9 Å². The average Bonchev–Trinajstić information content (AvgIpc) is 3.85. The lowest BCUT2D eigenvalue weighted by molar-refractivity contribution is -0.144.